The Hall–Kier alpha value is -3.04. The third kappa shape index (κ3) is 9.20. The molecule has 0 aliphatic rings. The third-order valence-electron chi connectivity index (χ3n) is 5.29. The molecule has 36 heavy (non-hydrogen) atoms. The zero-order valence-electron chi connectivity index (χ0n) is 19.8. The van der Waals surface area contributed by atoms with Crippen molar-refractivity contribution in [1.82, 2.24) is 15.1 Å². The van der Waals surface area contributed by atoms with Crippen molar-refractivity contribution >= 4 is 35.1 Å². The van der Waals surface area contributed by atoms with Gasteiger partial charge in [0.2, 0.25) is 5.91 Å². The van der Waals surface area contributed by atoms with E-state index < -0.39 is 12.1 Å². The lowest BCUT2D eigenvalue weighted by Gasteiger charge is -2.26. The number of nitrogens with zero attached hydrogens (tertiary/aromatic N) is 2. The highest BCUT2D eigenvalue weighted by Gasteiger charge is 2.28. The maximum atomic E-state index is 12.7. The largest absolute Gasteiger partial charge is 0.542 e. The van der Waals surface area contributed by atoms with Crippen LogP contribution < -0.4 is 10.4 Å². The summed E-state index contributed by atoms with van der Waals surface area (Å²) >= 11 is 12.1. The van der Waals surface area contributed by atoms with Crippen molar-refractivity contribution in [3.05, 3.63) is 87.2 Å². The lowest BCUT2D eigenvalue weighted by molar-refractivity contribution is -0.344. The van der Waals surface area contributed by atoms with Gasteiger partial charge >= 0.3 is 6.18 Å². The number of aryl methyl sites for hydroxylation is 2. The highest BCUT2D eigenvalue weighted by atomic mass is 35.5. The molecule has 0 radical (unpaired) electrons. The van der Waals surface area contributed by atoms with Crippen LogP contribution in [0.5, 0.6) is 0 Å². The van der Waals surface area contributed by atoms with E-state index in [1.165, 1.54) is 0 Å². The van der Waals surface area contributed by atoms with Gasteiger partial charge in [-0.3, -0.25) is 9.48 Å². The first-order chi connectivity index (χ1) is 16.8. The molecule has 0 spiro atoms. The van der Waals surface area contributed by atoms with Gasteiger partial charge in [-0.15, -0.1) is 0 Å². The number of benzene rings is 2. The lowest BCUT2D eigenvalue weighted by Crippen LogP contribution is -2.40. The van der Waals surface area contributed by atoms with E-state index in [2.05, 4.69) is 10.4 Å². The number of aromatic nitrogens is 2. The maximum Gasteiger partial charge on any atom is 0.430 e. The minimum Gasteiger partial charge on any atom is -0.542 e. The molecular formula is C25H25Cl2F3N3O3-. The first-order valence-corrected chi connectivity index (χ1v) is 11.6. The van der Waals surface area contributed by atoms with Crippen LogP contribution in [0.15, 0.2) is 54.6 Å². The molecule has 0 bridgehead atoms. The second kappa shape index (κ2) is 12.8. The summed E-state index contributed by atoms with van der Waals surface area (Å²) in [5.41, 5.74) is 4.17. The van der Waals surface area contributed by atoms with E-state index in [1.807, 2.05) is 75.4 Å². The van der Waals surface area contributed by atoms with Gasteiger partial charge in [0.25, 0.3) is 0 Å². The molecule has 3 aromatic rings. The smallest absolute Gasteiger partial charge is 0.430 e. The number of amides is 1. The second-order valence-corrected chi connectivity index (χ2v) is 9.09. The first kappa shape index (κ1) is 29.2. The van der Waals surface area contributed by atoms with Gasteiger partial charge in [-0.2, -0.15) is 18.3 Å². The van der Waals surface area contributed by atoms with Crippen LogP contribution in [0.4, 0.5) is 13.2 Å². The monoisotopic (exact) mass is 542 g/mol. The molecule has 0 fully saturated rings. The molecule has 2 atom stereocenters. The number of carboxylic acids is 1. The highest BCUT2D eigenvalue weighted by molar-refractivity contribution is 6.30. The Bertz CT molecular complexity index is 1160. The number of halogens is 5. The number of hydrogen-bond donors (Lipinski definition) is 1. The van der Waals surface area contributed by atoms with Crippen LogP contribution in [0.1, 0.15) is 35.4 Å². The summed E-state index contributed by atoms with van der Waals surface area (Å²) in [4.78, 5) is 21.4. The molecule has 0 aliphatic carbocycles. The second-order valence-electron chi connectivity index (χ2n) is 8.21. The van der Waals surface area contributed by atoms with Crippen LogP contribution >= 0.6 is 23.2 Å². The third-order valence-corrected chi connectivity index (χ3v) is 5.79. The summed E-state index contributed by atoms with van der Waals surface area (Å²) in [6, 6.07) is 17.5. The Labute approximate surface area is 217 Å². The molecule has 1 amide bonds. The lowest BCUT2D eigenvalue weighted by atomic mass is 9.86. The number of hydrogen-bond acceptors (Lipinski definition) is 4. The SMILES string of the molecule is Cc1cc(C)n(CC(=O)N[C@H](C)[C@H](Cc2ccc(Cl)cc2)c2ccc(Cl)cc2)n1.O=C([O-])C(F)(F)F. The number of aliphatic carboxylic acids is 1. The Morgan fingerprint density at radius 1 is 1.03 bits per heavy atom. The summed E-state index contributed by atoms with van der Waals surface area (Å²) in [6.45, 7) is 6.12. The van der Waals surface area contributed by atoms with Crippen molar-refractivity contribution in [2.45, 2.75) is 51.9 Å². The summed E-state index contributed by atoms with van der Waals surface area (Å²) in [5.74, 6) is -2.97. The molecule has 11 heteroatoms. The fourth-order valence-electron chi connectivity index (χ4n) is 3.54. The molecule has 6 nitrogen and oxygen atoms in total. The Kier molecular flexibility index (Phi) is 10.4. The summed E-state index contributed by atoms with van der Waals surface area (Å²) in [6.07, 6.45) is -4.42. The molecule has 194 valence electrons. The Morgan fingerprint density at radius 3 is 1.97 bits per heavy atom. The fourth-order valence-corrected chi connectivity index (χ4v) is 3.79. The van der Waals surface area contributed by atoms with Gasteiger partial charge in [-0.1, -0.05) is 47.5 Å². The van der Waals surface area contributed by atoms with E-state index in [0.717, 1.165) is 28.9 Å². The van der Waals surface area contributed by atoms with E-state index in [1.54, 1.807) is 4.68 Å². The number of carbonyl (C=O) groups is 2. The van der Waals surface area contributed by atoms with Gasteiger partial charge in [0.15, 0.2) is 0 Å². The van der Waals surface area contributed by atoms with Gasteiger partial charge in [0, 0.05) is 27.7 Å². The summed E-state index contributed by atoms with van der Waals surface area (Å²) in [5, 5.41) is 17.7. The van der Waals surface area contributed by atoms with Crippen molar-refractivity contribution in [2.24, 2.45) is 0 Å². The van der Waals surface area contributed by atoms with Crippen molar-refractivity contribution in [2.75, 3.05) is 0 Å². The van der Waals surface area contributed by atoms with Crippen LogP contribution in [-0.2, 0) is 22.6 Å². The summed E-state index contributed by atoms with van der Waals surface area (Å²) in [7, 11) is 0. The molecule has 2 aromatic carbocycles. The van der Waals surface area contributed by atoms with E-state index in [9.17, 15) is 18.0 Å². The van der Waals surface area contributed by atoms with Crippen molar-refractivity contribution in [3.63, 3.8) is 0 Å². The highest BCUT2D eigenvalue weighted by Crippen LogP contribution is 2.27. The Balaban J connectivity index is 0.000000572. The molecule has 1 aromatic heterocycles. The van der Waals surface area contributed by atoms with Crippen molar-refractivity contribution < 1.29 is 27.9 Å². The number of alkyl halides is 3. The predicted octanol–water partition coefficient (Wildman–Crippen LogP) is 4.64. The first-order valence-electron chi connectivity index (χ1n) is 10.8. The molecule has 0 unspecified atom stereocenters. The molecule has 0 aliphatic heterocycles. The number of rotatable bonds is 7. The molecule has 1 N–H and O–H groups in total. The van der Waals surface area contributed by atoms with Crippen LogP contribution in [0.25, 0.3) is 0 Å². The van der Waals surface area contributed by atoms with E-state index in [-0.39, 0.29) is 24.4 Å². The van der Waals surface area contributed by atoms with Gasteiger partial charge in [-0.05, 0) is 68.7 Å². The average Bonchev–Trinajstić information content (AvgIpc) is 3.10. The average molecular weight is 543 g/mol. The van der Waals surface area contributed by atoms with E-state index >= 15 is 0 Å². The Morgan fingerprint density at radius 2 is 1.53 bits per heavy atom. The van der Waals surface area contributed by atoms with Crippen molar-refractivity contribution in [1.29, 1.82) is 0 Å². The minimum absolute atomic E-state index is 0.0567. The quantitative estimate of drug-likeness (QED) is 0.471. The minimum atomic E-state index is -5.19. The van der Waals surface area contributed by atoms with E-state index in [0.29, 0.717) is 10.0 Å². The standard InChI is InChI=1S/C23H25Cl2N3O.C2HF3O2/c1-15-12-16(2)28(27-15)14-23(29)26-17(3)22(19-6-10-21(25)11-7-19)13-18-4-8-20(24)9-5-18;3-2(4,5)1(6)7/h4-12,17,22H,13-14H2,1-3H3,(H,26,29);(H,6,7)/p-1/t17-,22+;/m1./s1. The van der Waals surface area contributed by atoms with Crippen molar-refractivity contribution in [3.8, 4) is 0 Å². The van der Waals surface area contributed by atoms with Gasteiger partial charge in [0.1, 0.15) is 12.5 Å². The van der Waals surface area contributed by atoms with Crippen LogP contribution in [-0.4, -0.2) is 33.9 Å². The summed E-state index contributed by atoms with van der Waals surface area (Å²) < 4.78 is 33.3. The molecular weight excluding hydrogens is 518 g/mol. The van der Waals surface area contributed by atoms with E-state index in [4.69, 9.17) is 33.1 Å². The van der Waals surface area contributed by atoms with Gasteiger partial charge in [0.05, 0.1) is 5.69 Å². The molecule has 0 saturated carbocycles. The molecule has 3 rings (SSSR count). The topological polar surface area (TPSA) is 87.0 Å². The number of carboxylic acid groups (broad SMARTS) is 1. The van der Waals surface area contributed by atoms with Gasteiger partial charge < -0.3 is 15.2 Å². The van der Waals surface area contributed by atoms with Crippen LogP contribution in [0.3, 0.4) is 0 Å². The number of carbonyl (C=O) groups excluding carboxylic acids is 2. The zero-order chi connectivity index (χ0) is 27.0. The normalized spacial score (nSPS) is 12.8. The van der Waals surface area contributed by atoms with Gasteiger partial charge in [-0.25, -0.2) is 0 Å². The number of nitrogens with one attached hydrogen (secondary N) is 1. The zero-order valence-corrected chi connectivity index (χ0v) is 21.3. The molecule has 0 saturated heterocycles. The maximum absolute atomic E-state index is 12.7. The fraction of sp³-hybridized carbons (Fsp3) is 0.320. The molecule has 1 heterocycles. The van der Waals surface area contributed by atoms with Crippen LogP contribution in [0.2, 0.25) is 10.0 Å². The van der Waals surface area contributed by atoms with Crippen LogP contribution in [0, 0.1) is 13.8 Å². The predicted molar refractivity (Wildman–Crippen MR) is 130 cm³/mol.